The second-order valence-corrected chi connectivity index (χ2v) is 5.86. The summed E-state index contributed by atoms with van der Waals surface area (Å²) in [7, 11) is 0. The van der Waals surface area contributed by atoms with E-state index in [4.69, 9.17) is 0 Å². The molecular weight excluding hydrogens is 270 g/mol. The quantitative estimate of drug-likeness (QED) is 0.888. The summed E-state index contributed by atoms with van der Waals surface area (Å²) in [5, 5.41) is 6.21. The molecule has 2 aromatic rings. The zero-order chi connectivity index (χ0) is 14.5. The largest absolute Gasteiger partial charge is 0.380 e. The maximum Gasteiger partial charge on any atom is 0.251 e. The van der Waals surface area contributed by atoms with Crippen LogP contribution in [0.15, 0.2) is 29.8 Å². The predicted molar refractivity (Wildman–Crippen MR) is 83.2 cm³/mol. The Labute approximate surface area is 123 Å². The lowest BCUT2D eigenvalue weighted by molar-refractivity contribution is 0.0943. The van der Waals surface area contributed by atoms with Crippen LogP contribution in [0, 0.1) is 6.92 Å². The number of benzene rings is 1. The molecule has 0 saturated heterocycles. The van der Waals surface area contributed by atoms with E-state index in [0.717, 1.165) is 17.9 Å². The smallest absolute Gasteiger partial charge is 0.251 e. The highest BCUT2D eigenvalue weighted by Crippen LogP contribution is 2.16. The molecule has 1 aromatic heterocycles. The number of carbonyl (C=O) groups is 1. The summed E-state index contributed by atoms with van der Waals surface area (Å²) in [5.74, 6) is -0.0372. The van der Waals surface area contributed by atoms with Crippen LogP contribution in [-0.4, -0.2) is 16.9 Å². The number of thiazole rings is 1. The standard InChI is InChI=1S/C15H19N3OS/c1-10(2)18-15(19)12-4-6-13(7-5-12)16-8-14-11(3)17-9-20-14/h4-7,9-10,16H,8H2,1-3H3,(H,18,19). The van der Waals surface area contributed by atoms with Gasteiger partial charge in [-0.25, -0.2) is 4.98 Å². The van der Waals surface area contributed by atoms with Crippen molar-refractivity contribution in [1.29, 1.82) is 0 Å². The Bertz CT molecular complexity index is 575. The molecule has 1 aromatic carbocycles. The Morgan fingerprint density at radius 3 is 2.55 bits per heavy atom. The monoisotopic (exact) mass is 289 g/mol. The van der Waals surface area contributed by atoms with Crippen LogP contribution >= 0.6 is 11.3 Å². The number of anilines is 1. The second-order valence-electron chi connectivity index (χ2n) is 4.92. The summed E-state index contributed by atoms with van der Waals surface area (Å²) < 4.78 is 0. The number of rotatable bonds is 5. The lowest BCUT2D eigenvalue weighted by atomic mass is 10.2. The Hall–Kier alpha value is -1.88. The van der Waals surface area contributed by atoms with Crippen molar-refractivity contribution < 1.29 is 4.79 Å². The molecule has 0 aliphatic carbocycles. The molecule has 5 heteroatoms. The minimum absolute atomic E-state index is 0.0372. The fourth-order valence-corrected chi connectivity index (χ4v) is 2.48. The van der Waals surface area contributed by atoms with Gasteiger partial charge < -0.3 is 10.6 Å². The Kier molecular flexibility index (Phi) is 4.74. The summed E-state index contributed by atoms with van der Waals surface area (Å²) in [6.07, 6.45) is 0. The number of nitrogens with zero attached hydrogens (tertiary/aromatic N) is 1. The van der Waals surface area contributed by atoms with E-state index < -0.39 is 0 Å². The third kappa shape index (κ3) is 3.81. The van der Waals surface area contributed by atoms with Gasteiger partial charge >= 0.3 is 0 Å². The minimum Gasteiger partial charge on any atom is -0.380 e. The van der Waals surface area contributed by atoms with E-state index in [-0.39, 0.29) is 11.9 Å². The van der Waals surface area contributed by atoms with Gasteiger partial charge in [-0.2, -0.15) is 0 Å². The minimum atomic E-state index is -0.0372. The van der Waals surface area contributed by atoms with Gasteiger partial charge in [0.1, 0.15) is 0 Å². The normalized spacial score (nSPS) is 10.6. The Balaban J connectivity index is 1.95. The first-order valence-corrected chi connectivity index (χ1v) is 7.48. The lowest BCUT2D eigenvalue weighted by Crippen LogP contribution is -2.29. The number of carbonyl (C=O) groups excluding carboxylic acids is 1. The van der Waals surface area contributed by atoms with E-state index >= 15 is 0 Å². The number of hydrogen-bond donors (Lipinski definition) is 2. The molecule has 0 saturated carbocycles. The molecule has 4 nitrogen and oxygen atoms in total. The lowest BCUT2D eigenvalue weighted by Gasteiger charge is -2.09. The van der Waals surface area contributed by atoms with Crippen molar-refractivity contribution in [3.63, 3.8) is 0 Å². The molecule has 0 unspecified atom stereocenters. The van der Waals surface area contributed by atoms with Crippen molar-refractivity contribution in [1.82, 2.24) is 10.3 Å². The van der Waals surface area contributed by atoms with E-state index in [1.54, 1.807) is 11.3 Å². The van der Waals surface area contributed by atoms with E-state index in [9.17, 15) is 4.79 Å². The predicted octanol–water partition coefficient (Wildman–Crippen LogP) is 3.20. The zero-order valence-electron chi connectivity index (χ0n) is 11.9. The van der Waals surface area contributed by atoms with Crippen LogP contribution in [0.4, 0.5) is 5.69 Å². The number of nitrogens with one attached hydrogen (secondary N) is 2. The molecule has 2 N–H and O–H groups in total. The fourth-order valence-electron chi connectivity index (χ4n) is 1.76. The first kappa shape index (κ1) is 14.5. The first-order chi connectivity index (χ1) is 9.56. The van der Waals surface area contributed by atoms with Crippen LogP contribution in [0.5, 0.6) is 0 Å². The topological polar surface area (TPSA) is 54.0 Å². The van der Waals surface area contributed by atoms with Gasteiger partial charge in [0.05, 0.1) is 17.7 Å². The average Bonchev–Trinajstić information content (AvgIpc) is 2.82. The van der Waals surface area contributed by atoms with E-state index in [0.29, 0.717) is 5.56 Å². The summed E-state index contributed by atoms with van der Waals surface area (Å²) >= 11 is 1.65. The van der Waals surface area contributed by atoms with Crippen molar-refractivity contribution in [2.75, 3.05) is 5.32 Å². The third-order valence-electron chi connectivity index (χ3n) is 2.86. The molecule has 0 spiro atoms. The number of amides is 1. The first-order valence-electron chi connectivity index (χ1n) is 6.60. The molecular formula is C15H19N3OS. The van der Waals surface area contributed by atoms with Crippen molar-refractivity contribution in [3.8, 4) is 0 Å². The highest BCUT2D eigenvalue weighted by molar-refractivity contribution is 7.09. The molecule has 20 heavy (non-hydrogen) atoms. The van der Waals surface area contributed by atoms with Crippen LogP contribution in [0.1, 0.15) is 34.8 Å². The third-order valence-corrected chi connectivity index (χ3v) is 3.80. The average molecular weight is 289 g/mol. The van der Waals surface area contributed by atoms with Crippen molar-refractivity contribution in [2.45, 2.75) is 33.4 Å². The molecule has 0 aliphatic heterocycles. The molecule has 0 atom stereocenters. The highest BCUT2D eigenvalue weighted by Gasteiger charge is 2.06. The zero-order valence-corrected chi connectivity index (χ0v) is 12.8. The summed E-state index contributed by atoms with van der Waals surface area (Å²) in [5.41, 5.74) is 4.60. The summed E-state index contributed by atoms with van der Waals surface area (Å²) in [6.45, 7) is 6.66. The van der Waals surface area contributed by atoms with Gasteiger partial charge in [0, 0.05) is 22.2 Å². The summed E-state index contributed by atoms with van der Waals surface area (Å²) in [4.78, 5) is 17.3. The van der Waals surface area contributed by atoms with Gasteiger partial charge in [-0.1, -0.05) is 0 Å². The van der Waals surface area contributed by atoms with Gasteiger partial charge in [-0.3, -0.25) is 4.79 Å². The maximum absolute atomic E-state index is 11.8. The van der Waals surface area contributed by atoms with E-state index in [1.807, 2.05) is 50.5 Å². The van der Waals surface area contributed by atoms with Crippen molar-refractivity contribution >= 4 is 22.9 Å². The molecule has 1 amide bonds. The van der Waals surface area contributed by atoms with E-state index in [1.165, 1.54) is 4.88 Å². The van der Waals surface area contributed by atoms with Crippen LogP contribution in [0.25, 0.3) is 0 Å². The molecule has 0 fully saturated rings. The van der Waals surface area contributed by atoms with Gasteiger partial charge in [0.15, 0.2) is 0 Å². The molecule has 0 aliphatic rings. The highest BCUT2D eigenvalue weighted by atomic mass is 32.1. The fraction of sp³-hybridized carbons (Fsp3) is 0.333. The van der Waals surface area contributed by atoms with Gasteiger partial charge in [-0.05, 0) is 45.0 Å². The number of aryl methyl sites for hydroxylation is 1. The Morgan fingerprint density at radius 1 is 1.30 bits per heavy atom. The van der Waals surface area contributed by atoms with Gasteiger partial charge in [0.25, 0.3) is 5.91 Å². The molecule has 1 heterocycles. The maximum atomic E-state index is 11.8. The van der Waals surface area contributed by atoms with Gasteiger partial charge in [0.2, 0.25) is 0 Å². The SMILES string of the molecule is Cc1ncsc1CNc1ccc(C(=O)NC(C)C)cc1. The molecule has 0 bridgehead atoms. The van der Waals surface area contributed by atoms with Crippen molar-refractivity contribution in [3.05, 3.63) is 45.9 Å². The van der Waals surface area contributed by atoms with Gasteiger partial charge in [-0.15, -0.1) is 11.3 Å². The van der Waals surface area contributed by atoms with Crippen molar-refractivity contribution in [2.24, 2.45) is 0 Å². The molecule has 106 valence electrons. The molecule has 0 radical (unpaired) electrons. The van der Waals surface area contributed by atoms with Crippen LogP contribution in [-0.2, 0) is 6.54 Å². The van der Waals surface area contributed by atoms with Crippen LogP contribution in [0.3, 0.4) is 0 Å². The van der Waals surface area contributed by atoms with Crippen LogP contribution in [0.2, 0.25) is 0 Å². The second kappa shape index (κ2) is 6.52. The molecule has 2 rings (SSSR count). The van der Waals surface area contributed by atoms with E-state index in [2.05, 4.69) is 15.6 Å². The summed E-state index contributed by atoms with van der Waals surface area (Å²) in [6, 6.07) is 7.66. The van der Waals surface area contributed by atoms with Crippen LogP contribution < -0.4 is 10.6 Å². The number of aromatic nitrogens is 1. The number of hydrogen-bond acceptors (Lipinski definition) is 4. The Morgan fingerprint density at radius 2 is 2.00 bits per heavy atom.